The van der Waals surface area contributed by atoms with Crippen LogP contribution in [-0.4, -0.2) is 18.9 Å². The normalized spacial score (nSPS) is 8.88. The molecule has 0 unspecified atom stereocenters. The van der Waals surface area contributed by atoms with Crippen LogP contribution in [0.1, 0.15) is 27.9 Å². The first-order valence-corrected chi connectivity index (χ1v) is 4.66. The van der Waals surface area contributed by atoms with Crippen LogP contribution in [0, 0.1) is 22.7 Å². The molecule has 5 nitrogen and oxygen atoms in total. The second kappa shape index (κ2) is 5.43. The topological polar surface area (TPSA) is 90.9 Å². The van der Waals surface area contributed by atoms with Crippen molar-refractivity contribution in [1.82, 2.24) is 0 Å². The molecule has 1 aromatic carbocycles. The largest absolute Gasteiger partial charge is 0.469 e. The molecule has 1 aromatic rings. The smallest absolute Gasteiger partial charge is 0.313 e. The molecular formula is C12H8N2O3. The van der Waals surface area contributed by atoms with Gasteiger partial charge in [0.05, 0.1) is 30.4 Å². The Balaban J connectivity index is 3.07. The Kier molecular flexibility index (Phi) is 3.96. The van der Waals surface area contributed by atoms with Gasteiger partial charge in [-0.05, 0) is 18.2 Å². The SMILES string of the molecule is COC(=O)CC(=O)c1cc(C#N)cc(C#N)c1. The average Bonchev–Trinajstić information content (AvgIpc) is 2.37. The van der Waals surface area contributed by atoms with Gasteiger partial charge in [-0.2, -0.15) is 10.5 Å². The van der Waals surface area contributed by atoms with Gasteiger partial charge in [0.15, 0.2) is 5.78 Å². The van der Waals surface area contributed by atoms with Gasteiger partial charge in [-0.15, -0.1) is 0 Å². The minimum Gasteiger partial charge on any atom is -0.469 e. The lowest BCUT2D eigenvalue weighted by Crippen LogP contribution is -2.09. The van der Waals surface area contributed by atoms with Gasteiger partial charge in [-0.3, -0.25) is 9.59 Å². The summed E-state index contributed by atoms with van der Waals surface area (Å²) in [6.07, 6.45) is -0.406. The van der Waals surface area contributed by atoms with Crippen molar-refractivity contribution in [2.45, 2.75) is 6.42 Å². The van der Waals surface area contributed by atoms with Crippen LogP contribution in [0.25, 0.3) is 0 Å². The zero-order valence-electron chi connectivity index (χ0n) is 9.06. The van der Waals surface area contributed by atoms with Crippen molar-refractivity contribution in [1.29, 1.82) is 10.5 Å². The van der Waals surface area contributed by atoms with Gasteiger partial charge < -0.3 is 4.74 Å². The van der Waals surface area contributed by atoms with Crippen molar-refractivity contribution in [3.63, 3.8) is 0 Å². The van der Waals surface area contributed by atoms with Crippen molar-refractivity contribution in [2.24, 2.45) is 0 Å². The quantitative estimate of drug-likeness (QED) is 0.440. The molecule has 17 heavy (non-hydrogen) atoms. The lowest BCUT2D eigenvalue weighted by molar-refractivity contribution is -0.139. The molecule has 0 bridgehead atoms. The van der Waals surface area contributed by atoms with Crippen LogP contribution in [0.4, 0.5) is 0 Å². The van der Waals surface area contributed by atoms with Gasteiger partial charge in [-0.25, -0.2) is 0 Å². The maximum Gasteiger partial charge on any atom is 0.313 e. The Bertz CT molecular complexity index is 518. The van der Waals surface area contributed by atoms with E-state index in [9.17, 15) is 9.59 Å². The third kappa shape index (κ3) is 3.15. The van der Waals surface area contributed by atoms with Gasteiger partial charge in [0.2, 0.25) is 0 Å². The number of Topliss-reactive ketones (excluding diaryl/α,β-unsaturated/α-hetero) is 1. The summed E-state index contributed by atoms with van der Waals surface area (Å²) >= 11 is 0. The van der Waals surface area contributed by atoms with Gasteiger partial charge in [0, 0.05) is 5.56 Å². The molecule has 0 saturated heterocycles. The Hall–Kier alpha value is -2.66. The fourth-order valence-electron chi connectivity index (χ4n) is 1.22. The minimum absolute atomic E-state index is 0.158. The Morgan fingerprint density at radius 3 is 2.12 bits per heavy atom. The molecule has 0 aromatic heterocycles. The van der Waals surface area contributed by atoms with E-state index in [0.29, 0.717) is 0 Å². The van der Waals surface area contributed by atoms with Gasteiger partial charge in [0.25, 0.3) is 0 Å². The first-order chi connectivity index (χ1) is 8.10. The summed E-state index contributed by atoms with van der Waals surface area (Å²) in [4.78, 5) is 22.6. The molecule has 0 heterocycles. The molecule has 0 aliphatic carbocycles. The van der Waals surface area contributed by atoms with E-state index < -0.39 is 18.2 Å². The van der Waals surface area contributed by atoms with E-state index in [-0.39, 0.29) is 16.7 Å². The molecule has 0 amide bonds. The molecule has 0 aliphatic rings. The molecule has 0 spiro atoms. The molecule has 0 fully saturated rings. The van der Waals surface area contributed by atoms with Crippen LogP contribution in [-0.2, 0) is 9.53 Å². The number of nitriles is 2. The fourth-order valence-corrected chi connectivity index (χ4v) is 1.22. The molecule has 5 heteroatoms. The number of nitrogens with zero attached hydrogens (tertiary/aromatic N) is 2. The predicted molar refractivity (Wildman–Crippen MR) is 56.8 cm³/mol. The number of methoxy groups -OCH3 is 1. The Labute approximate surface area is 97.8 Å². The third-order valence-electron chi connectivity index (χ3n) is 2.05. The standard InChI is InChI=1S/C12H8N2O3/c1-17-12(16)5-11(15)10-3-8(6-13)2-9(4-10)7-14/h2-4H,5H2,1H3. The second-order valence-corrected chi connectivity index (χ2v) is 3.20. The molecule has 0 radical (unpaired) electrons. The third-order valence-corrected chi connectivity index (χ3v) is 2.05. The fraction of sp³-hybridized carbons (Fsp3) is 0.167. The average molecular weight is 228 g/mol. The van der Waals surface area contributed by atoms with Crippen LogP contribution in [0.15, 0.2) is 18.2 Å². The van der Waals surface area contributed by atoms with Crippen molar-refractivity contribution in [2.75, 3.05) is 7.11 Å². The highest BCUT2D eigenvalue weighted by atomic mass is 16.5. The minimum atomic E-state index is -0.657. The van der Waals surface area contributed by atoms with Crippen molar-refractivity contribution >= 4 is 11.8 Å². The number of carbonyl (C=O) groups is 2. The number of esters is 1. The van der Waals surface area contributed by atoms with E-state index in [1.54, 1.807) is 0 Å². The number of rotatable bonds is 3. The van der Waals surface area contributed by atoms with E-state index >= 15 is 0 Å². The number of carbonyl (C=O) groups excluding carboxylic acids is 2. The number of hydrogen-bond acceptors (Lipinski definition) is 5. The monoisotopic (exact) mass is 228 g/mol. The number of benzene rings is 1. The molecule has 84 valence electrons. The molecule has 1 rings (SSSR count). The molecule has 0 N–H and O–H groups in total. The summed E-state index contributed by atoms with van der Waals surface area (Å²) in [7, 11) is 1.18. The molecular weight excluding hydrogens is 220 g/mol. The van der Waals surface area contributed by atoms with Crippen LogP contribution in [0.3, 0.4) is 0 Å². The summed E-state index contributed by atoms with van der Waals surface area (Å²) in [6, 6.07) is 7.74. The highest BCUT2D eigenvalue weighted by Crippen LogP contribution is 2.11. The maximum absolute atomic E-state index is 11.6. The van der Waals surface area contributed by atoms with E-state index in [4.69, 9.17) is 10.5 Å². The van der Waals surface area contributed by atoms with E-state index in [1.807, 2.05) is 12.1 Å². The molecule has 0 saturated carbocycles. The lowest BCUT2D eigenvalue weighted by Gasteiger charge is -2.01. The summed E-state index contributed by atoms with van der Waals surface area (Å²) in [6.45, 7) is 0. The highest BCUT2D eigenvalue weighted by Gasteiger charge is 2.13. The lowest BCUT2D eigenvalue weighted by atomic mass is 10.0. The zero-order chi connectivity index (χ0) is 12.8. The number of ketones is 1. The van der Waals surface area contributed by atoms with Crippen molar-refractivity contribution < 1.29 is 14.3 Å². The van der Waals surface area contributed by atoms with E-state index in [0.717, 1.165) is 0 Å². The number of hydrogen-bond donors (Lipinski definition) is 0. The van der Waals surface area contributed by atoms with Crippen LogP contribution < -0.4 is 0 Å². The van der Waals surface area contributed by atoms with Crippen LogP contribution >= 0.6 is 0 Å². The maximum atomic E-state index is 11.6. The van der Waals surface area contributed by atoms with Crippen molar-refractivity contribution in [3.05, 3.63) is 34.9 Å². The van der Waals surface area contributed by atoms with Crippen LogP contribution in [0.5, 0.6) is 0 Å². The summed E-state index contributed by atoms with van der Waals surface area (Å²) < 4.78 is 4.37. The van der Waals surface area contributed by atoms with Crippen LogP contribution in [0.2, 0.25) is 0 Å². The first kappa shape index (κ1) is 12.4. The van der Waals surface area contributed by atoms with Crippen molar-refractivity contribution in [3.8, 4) is 12.1 Å². The van der Waals surface area contributed by atoms with Gasteiger partial charge in [-0.1, -0.05) is 0 Å². The summed E-state index contributed by atoms with van der Waals surface area (Å²) in [5, 5.41) is 17.5. The highest BCUT2D eigenvalue weighted by molar-refractivity contribution is 6.06. The van der Waals surface area contributed by atoms with E-state index in [2.05, 4.69) is 4.74 Å². The number of ether oxygens (including phenoxy) is 1. The van der Waals surface area contributed by atoms with E-state index in [1.165, 1.54) is 25.3 Å². The molecule has 0 aliphatic heterocycles. The summed E-state index contributed by atoms with van der Waals surface area (Å²) in [5.74, 6) is -1.14. The molecule has 0 atom stereocenters. The van der Waals surface area contributed by atoms with Gasteiger partial charge >= 0.3 is 5.97 Å². The first-order valence-electron chi connectivity index (χ1n) is 4.66. The predicted octanol–water partition coefficient (Wildman–Crippen LogP) is 1.18. The van der Waals surface area contributed by atoms with Gasteiger partial charge in [0.1, 0.15) is 6.42 Å². The zero-order valence-corrected chi connectivity index (χ0v) is 9.06. The summed E-state index contributed by atoms with van der Waals surface area (Å²) in [5.41, 5.74) is 0.570. The Morgan fingerprint density at radius 1 is 1.18 bits per heavy atom. The Morgan fingerprint density at radius 2 is 1.71 bits per heavy atom. The second-order valence-electron chi connectivity index (χ2n) is 3.20.